The van der Waals surface area contributed by atoms with Crippen molar-refractivity contribution in [1.82, 2.24) is 9.88 Å². The SMILES string of the molecule is Cc1ncsc1CCN(C)CC(C)(C)O. The number of rotatable bonds is 5. The van der Waals surface area contributed by atoms with Crippen LogP contribution in [0.15, 0.2) is 5.51 Å². The Morgan fingerprint density at radius 1 is 1.53 bits per heavy atom. The Balaban J connectivity index is 2.35. The lowest BCUT2D eigenvalue weighted by molar-refractivity contribution is 0.0450. The zero-order valence-corrected chi connectivity index (χ0v) is 10.8. The van der Waals surface area contributed by atoms with E-state index < -0.39 is 5.60 Å². The van der Waals surface area contributed by atoms with Crippen LogP contribution >= 0.6 is 11.3 Å². The lowest BCUT2D eigenvalue weighted by Crippen LogP contribution is -2.37. The second-order valence-electron chi connectivity index (χ2n) is 4.66. The zero-order chi connectivity index (χ0) is 11.5. The van der Waals surface area contributed by atoms with Crippen LogP contribution in [-0.4, -0.2) is 40.7 Å². The molecule has 86 valence electrons. The molecule has 0 saturated carbocycles. The van der Waals surface area contributed by atoms with E-state index in [1.54, 1.807) is 11.3 Å². The Morgan fingerprint density at radius 2 is 2.20 bits per heavy atom. The number of hydrogen-bond acceptors (Lipinski definition) is 4. The molecule has 1 heterocycles. The molecule has 4 heteroatoms. The third kappa shape index (κ3) is 4.73. The van der Waals surface area contributed by atoms with E-state index in [9.17, 15) is 5.11 Å². The Bertz CT molecular complexity index is 304. The Kier molecular flexibility index (Phi) is 4.25. The summed E-state index contributed by atoms with van der Waals surface area (Å²) in [6.45, 7) is 7.38. The third-order valence-electron chi connectivity index (χ3n) is 2.22. The number of thiazole rings is 1. The lowest BCUT2D eigenvalue weighted by Gasteiger charge is -2.25. The molecule has 0 radical (unpaired) electrons. The molecule has 1 N–H and O–H groups in total. The standard InChI is InChI=1S/C11H20N2OS/c1-9-10(15-8-12-9)5-6-13(4)7-11(2,3)14/h8,14H,5-7H2,1-4H3. The summed E-state index contributed by atoms with van der Waals surface area (Å²) in [5.41, 5.74) is 2.41. The van der Waals surface area contributed by atoms with Crippen molar-refractivity contribution in [3.63, 3.8) is 0 Å². The van der Waals surface area contributed by atoms with Gasteiger partial charge in [0.05, 0.1) is 16.8 Å². The molecule has 0 aliphatic rings. The van der Waals surface area contributed by atoms with Gasteiger partial charge in [-0.1, -0.05) is 0 Å². The molecule has 0 amide bonds. The smallest absolute Gasteiger partial charge is 0.0797 e. The van der Waals surface area contributed by atoms with E-state index in [2.05, 4.69) is 9.88 Å². The number of hydrogen-bond donors (Lipinski definition) is 1. The van der Waals surface area contributed by atoms with E-state index in [4.69, 9.17) is 0 Å². The van der Waals surface area contributed by atoms with Gasteiger partial charge in [-0.05, 0) is 34.2 Å². The maximum atomic E-state index is 9.65. The van der Waals surface area contributed by atoms with Gasteiger partial charge in [0, 0.05) is 18.0 Å². The molecule has 1 aromatic heterocycles. The van der Waals surface area contributed by atoms with Crippen molar-refractivity contribution in [2.45, 2.75) is 32.8 Å². The van der Waals surface area contributed by atoms with E-state index in [0.717, 1.165) is 18.7 Å². The average Bonchev–Trinajstić information content (AvgIpc) is 2.44. The summed E-state index contributed by atoms with van der Waals surface area (Å²) in [4.78, 5) is 7.72. The summed E-state index contributed by atoms with van der Waals surface area (Å²) in [6, 6.07) is 0. The van der Waals surface area contributed by atoms with Gasteiger partial charge >= 0.3 is 0 Å². The number of nitrogens with zero attached hydrogens (tertiary/aromatic N) is 2. The molecule has 1 aromatic rings. The molecule has 15 heavy (non-hydrogen) atoms. The van der Waals surface area contributed by atoms with Gasteiger partial charge in [0.2, 0.25) is 0 Å². The summed E-state index contributed by atoms with van der Waals surface area (Å²) in [5.74, 6) is 0. The molecule has 3 nitrogen and oxygen atoms in total. The second-order valence-corrected chi connectivity index (χ2v) is 5.60. The van der Waals surface area contributed by atoms with Crippen LogP contribution in [0.4, 0.5) is 0 Å². The van der Waals surface area contributed by atoms with Gasteiger partial charge in [-0.15, -0.1) is 11.3 Å². The van der Waals surface area contributed by atoms with E-state index in [0.29, 0.717) is 6.54 Å². The fourth-order valence-electron chi connectivity index (χ4n) is 1.60. The molecule has 0 aromatic carbocycles. The van der Waals surface area contributed by atoms with Crippen LogP contribution in [0.25, 0.3) is 0 Å². The molecule has 0 bridgehead atoms. The van der Waals surface area contributed by atoms with Crippen molar-refractivity contribution in [2.75, 3.05) is 20.1 Å². The first kappa shape index (κ1) is 12.6. The van der Waals surface area contributed by atoms with Gasteiger partial charge in [0.15, 0.2) is 0 Å². The maximum Gasteiger partial charge on any atom is 0.0797 e. The monoisotopic (exact) mass is 228 g/mol. The Morgan fingerprint density at radius 3 is 2.67 bits per heavy atom. The fraction of sp³-hybridized carbons (Fsp3) is 0.727. The topological polar surface area (TPSA) is 36.4 Å². The maximum absolute atomic E-state index is 9.65. The van der Waals surface area contributed by atoms with Gasteiger partial charge in [-0.2, -0.15) is 0 Å². The van der Waals surface area contributed by atoms with Crippen molar-refractivity contribution in [3.8, 4) is 0 Å². The number of aliphatic hydroxyl groups is 1. The van der Waals surface area contributed by atoms with Gasteiger partial charge in [0.25, 0.3) is 0 Å². The minimum absolute atomic E-state index is 0.614. The van der Waals surface area contributed by atoms with E-state index in [1.165, 1.54) is 4.88 Å². The minimum atomic E-state index is -0.614. The normalized spacial score (nSPS) is 12.4. The number of aromatic nitrogens is 1. The number of likely N-dealkylation sites (N-methyl/N-ethyl adjacent to an activating group) is 1. The fourth-order valence-corrected chi connectivity index (χ4v) is 2.37. The van der Waals surface area contributed by atoms with Crippen LogP contribution in [0.3, 0.4) is 0 Å². The molecule has 0 spiro atoms. The predicted molar refractivity (Wildman–Crippen MR) is 64.3 cm³/mol. The van der Waals surface area contributed by atoms with Crippen molar-refractivity contribution in [1.29, 1.82) is 0 Å². The predicted octanol–water partition coefficient (Wildman–Crippen LogP) is 1.70. The van der Waals surface area contributed by atoms with Crippen LogP contribution in [-0.2, 0) is 6.42 Å². The highest BCUT2D eigenvalue weighted by molar-refractivity contribution is 7.09. The molecule has 0 saturated heterocycles. The molecular formula is C11H20N2OS. The molecule has 1 rings (SSSR count). The van der Waals surface area contributed by atoms with Crippen LogP contribution in [0.2, 0.25) is 0 Å². The van der Waals surface area contributed by atoms with Crippen molar-refractivity contribution < 1.29 is 5.11 Å². The summed E-state index contributed by atoms with van der Waals surface area (Å²) in [5, 5.41) is 9.65. The van der Waals surface area contributed by atoms with Crippen LogP contribution in [0.5, 0.6) is 0 Å². The summed E-state index contributed by atoms with van der Waals surface area (Å²) >= 11 is 1.71. The van der Waals surface area contributed by atoms with Crippen molar-refractivity contribution >= 4 is 11.3 Å². The van der Waals surface area contributed by atoms with Gasteiger partial charge < -0.3 is 10.0 Å². The van der Waals surface area contributed by atoms with Crippen molar-refractivity contribution in [2.24, 2.45) is 0 Å². The molecule has 0 aliphatic heterocycles. The number of aryl methyl sites for hydroxylation is 1. The first-order valence-corrected chi connectivity index (χ1v) is 6.06. The third-order valence-corrected chi connectivity index (χ3v) is 3.22. The van der Waals surface area contributed by atoms with Crippen molar-refractivity contribution in [3.05, 3.63) is 16.1 Å². The minimum Gasteiger partial charge on any atom is -0.389 e. The zero-order valence-electron chi connectivity index (χ0n) is 9.95. The Hall–Kier alpha value is -0.450. The highest BCUT2D eigenvalue weighted by Crippen LogP contribution is 2.13. The van der Waals surface area contributed by atoms with Gasteiger partial charge in [0.1, 0.15) is 0 Å². The summed E-state index contributed by atoms with van der Waals surface area (Å²) in [7, 11) is 2.04. The molecule has 0 unspecified atom stereocenters. The lowest BCUT2D eigenvalue weighted by atomic mass is 10.1. The van der Waals surface area contributed by atoms with Gasteiger partial charge in [-0.3, -0.25) is 0 Å². The average molecular weight is 228 g/mol. The second kappa shape index (κ2) is 5.05. The first-order valence-electron chi connectivity index (χ1n) is 5.18. The van der Waals surface area contributed by atoms with E-state index >= 15 is 0 Å². The summed E-state index contributed by atoms with van der Waals surface area (Å²) in [6.07, 6.45) is 1.02. The van der Waals surface area contributed by atoms with Crippen LogP contribution < -0.4 is 0 Å². The first-order chi connectivity index (χ1) is 6.88. The highest BCUT2D eigenvalue weighted by atomic mass is 32.1. The molecule has 0 aliphatic carbocycles. The van der Waals surface area contributed by atoms with Crippen LogP contribution in [0.1, 0.15) is 24.4 Å². The van der Waals surface area contributed by atoms with Gasteiger partial charge in [-0.25, -0.2) is 4.98 Å². The molecule has 0 atom stereocenters. The molecular weight excluding hydrogens is 208 g/mol. The van der Waals surface area contributed by atoms with E-state index in [1.807, 2.05) is 33.3 Å². The Labute approximate surface area is 95.8 Å². The largest absolute Gasteiger partial charge is 0.389 e. The highest BCUT2D eigenvalue weighted by Gasteiger charge is 2.15. The van der Waals surface area contributed by atoms with Crippen LogP contribution in [0, 0.1) is 6.92 Å². The van der Waals surface area contributed by atoms with E-state index in [-0.39, 0.29) is 0 Å². The summed E-state index contributed by atoms with van der Waals surface area (Å²) < 4.78 is 0. The quantitative estimate of drug-likeness (QED) is 0.833. The molecule has 0 fully saturated rings.